The standard InChI is InChI=1S/C10H19N3O4/c1-6(9(15)16)4-3-5-12-8(14)7(2)13-10(11)17/h6-7H,3-5H2,1-2H3,(H,12,14)(H,15,16)(H3,11,13,17). The van der Waals surface area contributed by atoms with Gasteiger partial charge in [-0.1, -0.05) is 6.92 Å². The quantitative estimate of drug-likeness (QED) is 0.458. The van der Waals surface area contributed by atoms with Crippen molar-refractivity contribution >= 4 is 17.9 Å². The van der Waals surface area contributed by atoms with Crippen molar-refractivity contribution in [3.8, 4) is 0 Å². The van der Waals surface area contributed by atoms with Crippen molar-refractivity contribution in [2.45, 2.75) is 32.7 Å². The molecule has 0 saturated carbocycles. The van der Waals surface area contributed by atoms with Crippen LogP contribution >= 0.6 is 0 Å². The Morgan fingerprint density at radius 2 is 1.88 bits per heavy atom. The number of hydrogen-bond donors (Lipinski definition) is 4. The van der Waals surface area contributed by atoms with Gasteiger partial charge in [0.15, 0.2) is 0 Å². The van der Waals surface area contributed by atoms with Crippen molar-refractivity contribution < 1.29 is 19.5 Å². The predicted octanol–water partition coefficient (Wildman–Crippen LogP) is -0.340. The SMILES string of the molecule is CC(CCCNC(=O)C(C)NC(N)=O)C(=O)O. The van der Waals surface area contributed by atoms with Gasteiger partial charge >= 0.3 is 12.0 Å². The van der Waals surface area contributed by atoms with E-state index in [9.17, 15) is 14.4 Å². The summed E-state index contributed by atoms with van der Waals surface area (Å²) in [5.41, 5.74) is 4.86. The fourth-order valence-electron chi connectivity index (χ4n) is 1.18. The number of carboxylic acids is 1. The first kappa shape index (κ1) is 15.2. The van der Waals surface area contributed by atoms with Crippen LogP contribution in [-0.4, -0.2) is 35.6 Å². The lowest BCUT2D eigenvalue weighted by Crippen LogP contribution is -2.46. The second-order valence-electron chi connectivity index (χ2n) is 3.90. The highest BCUT2D eigenvalue weighted by molar-refractivity contribution is 5.86. The first-order chi connectivity index (χ1) is 7.84. The molecule has 98 valence electrons. The number of nitrogens with two attached hydrogens (primary N) is 1. The summed E-state index contributed by atoms with van der Waals surface area (Å²) in [5.74, 6) is -1.61. The van der Waals surface area contributed by atoms with Gasteiger partial charge in [0.05, 0.1) is 5.92 Å². The van der Waals surface area contributed by atoms with E-state index in [0.717, 1.165) is 0 Å². The first-order valence-electron chi connectivity index (χ1n) is 5.41. The van der Waals surface area contributed by atoms with E-state index in [-0.39, 0.29) is 5.91 Å². The second-order valence-corrected chi connectivity index (χ2v) is 3.90. The molecule has 0 heterocycles. The third-order valence-corrected chi connectivity index (χ3v) is 2.29. The Morgan fingerprint density at radius 3 is 2.35 bits per heavy atom. The van der Waals surface area contributed by atoms with Crippen LogP contribution in [0.25, 0.3) is 0 Å². The molecule has 0 rings (SSSR count). The van der Waals surface area contributed by atoms with Crippen molar-refractivity contribution in [3.05, 3.63) is 0 Å². The average Bonchev–Trinajstić information content (AvgIpc) is 2.22. The van der Waals surface area contributed by atoms with E-state index < -0.39 is 24.0 Å². The molecular weight excluding hydrogens is 226 g/mol. The van der Waals surface area contributed by atoms with Crippen LogP contribution in [0.4, 0.5) is 4.79 Å². The van der Waals surface area contributed by atoms with Gasteiger partial charge in [0, 0.05) is 6.54 Å². The maximum absolute atomic E-state index is 11.4. The van der Waals surface area contributed by atoms with E-state index in [4.69, 9.17) is 10.8 Å². The van der Waals surface area contributed by atoms with E-state index in [1.54, 1.807) is 6.92 Å². The monoisotopic (exact) mass is 245 g/mol. The number of nitrogens with one attached hydrogen (secondary N) is 2. The molecule has 0 aliphatic carbocycles. The summed E-state index contributed by atoms with van der Waals surface area (Å²) < 4.78 is 0. The first-order valence-corrected chi connectivity index (χ1v) is 5.41. The van der Waals surface area contributed by atoms with Crippen molar-refractivity contribution in [2.24, 2.45) is 11.7 Å². The zero-order valence-electron chi connectivity index (χ0n) is 10.0. The Hall–Kier alpha value is -1.79. The molecule has 0 fully saturated rings. The molecule has 0 radical (unpaired) electrons. The van der Waals surface area contributed by atoms with Crippen LogP contribution in [0.1, 0.15) is 26.7 Å². The highest BCUT2D eigenvalue weighted by atomic mass is 16.4. The van der Waals surface area contributed by atoms with Crippen molar-refractivity contribution in [3.63, 3.8) is 0 Å². The van der Waals surface area contributed by atoms with Gasteiger partial charge in [-0.15, -0.1) is 0 Å². The summed E-state index contributed by atoms with van der Waals surface area (Å²) in [6, 6.07) is -1.45. The summed E-state index contributed by atoms with van der Waals surface area (Å²) in [6.07, 6.45) is 1.07. The van der Waals surface area contributed by atoms with Gasteiger partial charge in [-0.2, -0.15) is 0 Å². The summed E-state index contributed by atoms with van der Waals surface area (Å²) >= 11 is 0. The van der Waals surface area contributed by atoms with Crippen molar-refractivity contribution in [1.82, 2.24) is 10.6 Å². The van der Waals surface area contributed by atoms with Gasteiger partial charge in [-0.05, 0) is 19.8 Å². The smallest absolute Gasteiger partial charge is 0.312 e. The minimum Gasteiger partial charge on any atom is -0.481 e. The molecule has 3 amide bonds. The minimum atomic E-state index is -0.847. The molecule has 0 aliphatic heterocycles. The molecule has 0 aromatic rings. The summed E-state index contributed by atoms with van der Waals surface area (Å²) in [6.45, 7) is 3.50. The summed E-state index contributed by atoms with van der Waals surface area (Å²) in [5, 5.41) is 13.5. The van der Waals surface area contributed by atoms with Gasteiger partial charge in [0.1, 0.15) is 6.04 Å². The Morgan fingerprint density at radius 1 is 1.29 bits per heavy atom. The predicted molar refractivity (Wildman–Crippen MR) is 61.2 cm³/mol. The zero-order valence-corrected chi connectivity index (χ0v) is 10.0. The van der Waals surface area contributed by atoms with Crippen LogP contribution in [-0.2, 0) is 9.59 Å². The molecule has 17 heavy (non-hydrogen) atoms. The molecule has 0 aliphatic rings. The van der Waals surface area contributed by atoms with Crippen molar-refractivity contribution in [2.75, 3.05) is 6.54 Å². The number of urea groups is 1. The topological polar surface area (TPSA) is 122 Å². The van der Waals surface area contributed by atoms with Crippen LogP contribution in [0.15, 0.2) is 0 Å². The van der Waals surface area contributed by atoms with E-state index >= 15 is 0 Å². The summed E-state index contributed by atoms with van der Waals surface area (Å²) in [4.78, 5) is 32.3. The van der Waals surface area contributed by atoms with Gasteiger partial charge in [0.25, 0.3) is 0 Å². The lowest BCUT2D eigenvalue weighted by molar-refractivity contribution is -0.141. The summed E-state index contributed by atoms with van der Waals surface area (Å²) in [7, 11) is 0. The van der Waals surface area contributed by atoms with Crippen LogP contribution < -0.4 is 16.4 Å². The molecule has 5 N–H and O–H groups in total. The molecule has 0 aromatic heterocycles. The molecule has 0 saturated heterocycles. The number of aliphatic carboxylic acids is 1. The largest absolute Gasteiger partial charge is 0.481 e. The van der Waals surface area contributed by atoms with Gasteiger partial charge < -0.3 is 21.5 Å². The van der Waals surface area contributed by atoms with Crippen molar-refractivity contribution in [1.29, 1.82) is 0 Å². The van der Waals surface area contributed by atoms with E-state index in [1.165, 1.54) is 6.92 Å². The lowest BCUT2D eigenvalue weighted by atomic mass is 10.1. The van der Waals surface area contributed by atoms with Crippen LogP contribution in [0.3, 0.4) is 0 Å². The molecule has 7 heteroatoms. The fourth-order valence-corrected chi connectivity index (χ4v) is 1.18. The fraction of sp³-hybridized carbons (Fsp3) is 0.700. The minimum absolute atomic E-state index is 0.341. The molecule has 0 spiro atoms. The Kier molecular flexibility index (Phi) is 6.69. The number of hydrogen-bond acceptors (Lipinski definition) is 3. The van der Waals surface area contributed by atoms with E-state index in [0.29, 0.717) is 19.4 Å². The molecule has 0 bridgehead atoms. The third-order valence-electron chi connectivity index (χ3n) is 2.29. The number of rotatable bonds is 7. The van der Waals surface area contributed by atoms with E-state index in [1.807, 2.05) is 0 Å². The zero-order chi connectivity index (χ0) is 13.4. The number of primary amides is 1. The highest BCUT2D eigenvalue weighted by Gasteiger charge is 2.14. The Bertz CT molecular complexity index is 293. The maximum Gasteiger partial charge on any atom is 0.312 e. The number of carbonyl (C=O) groups is 3. The van der Waals surface area contributed by atoms with E-state index in [2.05, 4.69) is 10.6 Å². The molecule has 2 atom stereocenters. The molecule has 2 unspecified atom stereocenters. The Balaban J connectivity index is 3.71. The van der Waals surface area contributed by atoms with Gasteiger partial charge in [-0.25, -0.2) is 4.79 Å². The second kappa shape index (κ2) is 7.48. The number of carbonyl (C=O) groups excluding carboxylic acids is 2. The average molecular weight is 245 g/mol. The van der Waals surface area contributed by atoms with Gasteiger partial charge in [-0.3, -0.25) is 9.59 Å². The molecule has 0 aromatic carbocycles. The third kappa shape index (κ3) is 7.15. The highest BCUT2D eigenvalue weighted by Crippen LogP contribution is 2.04. The maximum atomic E-state index is 11.4. The van der Waals surface area contributed by atoms with Gasteiger partial charge in [0.2, 0.25) is 5.91 Å². The molecular formula is C10H19N3O4. The number of amides is 3. The lowest BCUT2D eigenvalue weighted by Gasteiger charge is -2.12. The molecule has 7 nitrogen and oxygen atoms in total. The van der Waals surface area contributed by atoms with Crippen LogP contribution in [0.2, 0.25) is 0 Å². The number of carboxylic acid groups (broad SMARTS) is 1. The van der Waals surface area contributed by atoms with Crippen LogP contribution in [0, 0.1) is 5.92 Å². The van der Waals surface area contributed by atoms with Crippen LogP contribution in [0.5, 0.6) is 0 Å². The normalized spacial score (nSPS) is 13.5. The Labute approximate surface area is 99.7 Å².